The van der Waals surface area contributed by atoms with E-state index in [1.54, 1.807) is 20.8 Å². The van der Waals surface area contributed by atoms with E-state index in [4.69, 9.17) is 16.7 Å². The minimum Gasteiger partial charge on any atom is -0.480 e. The van der Waals surface area contributed by atoms with Crippen molar-refractivity contribution in [2.24, 2.45) is 5.41 Å². The maximum atomic E-state index is 13.7. The molecule has 20 heavy (non-hydrogen) atoms. The largest absolute Gasteiger partial charge is 0.480 e. The molecule has 0 aromatic heterocycles. The average molecular weight is 324 g/mol. The molecule has 0 spiro atoms. The molecule has 1 aromatic rings. The van der Waals surface area contributed by atoms with Crippen LogP contribution in [0.4, 0.5) is 4.39 Å². The van der Waals surface area contributed by atoms with Gasteiger partial charge in [-0.1, -0.05) is 38.4 Å². The first kappa shape index (κ1) is 16.9. The van der Waals surface area contributed by atoms with Crippen LogP contribution in [0.25, 0.3) is 0 Å². The Morgan fingerprint density at radius 1 is 1.40 bits per heavy atom. The van der Waals surface area contributed by atoms with Crippen molar-refractivity contribution in [3.63, 3.8) is 0 Å². The first-order valence-corrected chi connectivity index (χ1v) is 7.52. The van der Waals surface area contributed by atoms with E-state index in [2.05, 4.69) is 0 Å². The van der Waals surface area contributed by atoms with E-state index in [1.807, 2.05) is 4.72 Å². The Labute approximate surface area is 121 Å². The number of halogens is 2. The summed E-state index contributed by atoms with van der Waals surface area (Å²) in [6.45, 7) is 4.67. The zero-order valence-corrected chi connectivity index (χ0v) is 12.7. The maximum absolute atomic E-state index is 13.7. The Hall–Kier alpha value is -1.18. The number of rotatable bonds is 4. The van der Waals surface area contributed by atoms with E-state index < -0.39 is 38.2 Å². The van der Waals surface area contributed by atoms with Gasteiger partial charge >= 0.3 is 5.97 Å². The lowest BCUT2D eigenvalue weighted by Gasteiger charge is -2.27. The Morgan fingerprint density at radius 3 is 2.40 bits per heavy atom. The second-order valence-corrected chi connectivity index (χ2v) is 7.40. The molecular weight excluding hydrogens is 309 g/mol. The van der Waals surface area contributed by atoms with Gasteiger partial charge in [0.2, 0.25) is 10.0 Å². The number of benzene rings is 1. The Kier molecular flexibility index (Phi) is 4.78. The number of aliphatic carboxylic acids is 1. The summed E-state index contributed by atoms with van der Waals surface area (Å²) in [5.41, 5.74) is -0.881. The van der Waals surface area contributed by atoms with Crippen molar-refractivity contribution in [2.45, 2.75) is 31.7 Å². The topological polar surface area (TPSA) is 83.5 Å². The highest BCUT2D eigenvalue weighted by Crippen LogP contribution is 2.25. The van der Waals surface area contributed by atoms with Gasteiger partial charge in [-0.05, 0) is 17.5 Å². The minimum absolute atomic E-state index is 0.351. The summed E-state index contributed by atoms with van der Waals surface area (Å²) in [5, 5.41) is 8.74. The lowest BCUT2D eigenvalue weighted by atomic mass is 9.88. The van der Waals surface area contributed by atoms with E-state index in [-0.39, 0.29) is 5.02 Å². The van der Waals surface area contributed by atoms with Gasteiger partial charge in [0.1, 0.15) is 10.9 Å². The monoisotopic (exact) mass is 323 g/mol. The van der Waals surface area contributed by atoms with Crippen LogP contribution in [0.2, 0.25) is 5.02 Å². The molecule has 112 valence electrons. The lowest BCUT2D eigenvalue weighted by molar-refractivity contribution is -0.141. The van der Waals surface area contributed by atoms with Gasteiger partial charge in [0.05, 0.1) is 5.02 Å². The van der Waals surface area contributed by atoms with Crippen LogP contribution in [-0.2, 0) is 14.8 Å². The number of carbonyl (C=O) groups is 1. The highest BCUT2D eigenvalue weighted by atomic mass is 35.5. The van der Waals surface area contributed by atoms with Crippen molar-refractivity contribution in [1.82, 2.24) is 4.72 Å². The zero-order chi connectivity index (χ0) is 15.7. The third kappa shape index (κ3) is 3.68. The van der Waals surface area contributed by atoms with E-state index >= 15 is 0 Å². The van der Waals surface area contributed by atoms with Crippen LogP contribution in [0.5, 0.6) is 0 Å². The van der Waals surface area contributed by atoms with Crippen LogP contribution in [0.15, 0.2) is 23.1 Å². The summed E-state index contributed by atoms with van der Waals surface area (Å²) in [6.07, 6.45) is 0. The number of nitrogens with one attached hydrogen (secondary N) is 1. The zero-order valence-electron chi connectivity index (χ0n) is 11.1. The number of carboxylic acids is 1. The molecule has 0 aliphatic rings. The molecule has 0 aliphatic heterocycles. The fourth-order valence-electron chi connectivity index (χ4n) is 1.51. The van der Waals surface area contributed by atoms with Crippen LogP contribution >= 0.6 is 11.6 Å². The smallest absolute Gasteiger partial charge is 0.322 e. The molecule has 0 saturated heterocycles. The van der Waals surface area contributed by atoms with Crippen molar-refractivity contribution < 1.29 is 22.7 Å². The van der Waals surface area contributed by atoms with Crippen LogP contribution in [0, 0.1) is 11.2 Å². The molecule has 0 saturated carbocycles. The second-order valence-electron chi connectivity index (χ2n) is 5.31. The lowest BCUT2D eigenvalue weighted by Crippen LogP contribution is -2.49. The van der Waals surface area contributed by atoms with Crippen molar-refractivity contribution in [1.29, 1.82) is 0 Å². The van der Waals surface area contributed by atoms with Gasteiger partial charge in [0.25, 0.3) is 0 Å². The second kappa shape index (κ2) is 5.67. The van der Waals surface area contributed by atoms with E-state index in [1.165, 1.54) is 12.1 Å². The van der Waals surface area contributed by atoms with E-state index in [0.717, 1.165) is 6.07 Å². The number of hydrogen-bond acceptors (Lipinski definition) is 3. The summed E-state index contributed by atoms with van der Waals surface area (Å²) in [7, 11) is -4.33. The van der Waals surface area contributed by atoms with Gasteiger partial charge in [-0.25, -0.2) is 12.8 Å². The first-order chi connectivity index (χ1) is 8.97. The number of carboxylic acid groups (broad SMARTS) is 1. The molecule has 0 bridgehead atoms. The molecule has 0 aliphatic carbocycles. The maximum Gasteiger partial charge on any atom is 0.322 e. The molecule has 1 aromatic carbocycles. The van der Waals surface area contributed by atoms with Crippen molar-refractivity contribution in [3.05, 3.63) is 29.0 Å². The average Bonchev–Trinajstić information content (AvgIpc) is 2.27. The van der Waals surface area contributed by atoms with Crippen molar-refractivity contribution >= 4 is 27.6 Å². The van der Waals surface area contributed by atoms with Gasteiger partial charge in [0.15, 0.2) is 5.82 Å². The molecular formula is C12H15ClFNO4S. The molecule has 2 N–H and O–H groups in total. The molecule has 0 radical (unpaired) electrons. The Balaban J connectivity index is 3.24. The first-order valence-electron chi connectivity index (χ1n) is 5.66. The molecule has 1 unspecified atom stereocenters. The molecule has 0 fully saturated rings. The SMILES string of the molecule is CC(C)(C)C(NS(=O)(=O)c1cccc(Cl)c1F)C(=O)O. The van der Waals surface area contributed by atoms with Crippen LogP contribution in [0.3, 0.4) is 0 Å². The highest BCUT2D eigenvalue weighted by Gasteiger charge is 2.36. The van der Waals surface area contributed by atoms with Gasteiger partial charge in [-0.3, -0.25) is 4.79 Å². The summed E-state index contributed by atoms with van der Waals surface area (Å²) >= 11 is 5.53. The summed E-state index contributed by atoms with van der Waals surface area (Å²) in [4.78, 5) is 10.5. The Morgan fingerprint density at radius 2 is 1.95 bits per heavy atom. The van der Waals surface area contributed by atoms with E-state index in [0.29, 0.717) is 0 Å². The van der Waals surface area contributed by atoms with E-state index in [9.17, 15) is 17.6 Å². The molecule has 0 heterocycles. The molecule has 0 amide bonds. The van der Waals surface area contributed by atoms with Gasteiger partial charge in [0, 0.05) is 0 Å². The third-order valence-corrected chi connectivity index (χ3v) is 4.32. The minimum atomic E-state index is -4.33. The predicted octanol–water partition coefficient (Wildman–Crippen LogP) is 2.26. The van der Waals surface area contributed by atoms with Gasteiger partial charge in [-0.15, -0.1) is 0 Å². The Bertz CT molecular complexity index is 625. The van der Waals surface area contributed by atoms with Crippen molar-refractivity contribution in [3.8, 4) is 0 Å². The fourth-order valence-corrected chi connectivity index (χ4v) is 3.23. The third-order valence-electron chi connectivity index (χ3n) is 2.59. The van der Waals surface area contributed by atoms with Crippen molar-refractivity contribution in [2.75, 3.05) is 0 Å². The summed E-state index contributed by atoms with van der Waals surface area (Å²) < 4.78 is 39.9. The molecule has 1 atom stereocenters. The summed E-state index contributed by atoms with van der Waals surface area (Å²) in [6, 6.07) is 2.10. The molecule has 5 nitrogen and oxygen atoms in total. The van der Waals surface area contributed by atoms with Gasteiger partial charge in [-0.2, -0.15) is 4.72 Å². The number of hydrogen-bond donors (Lipinski definition) is 2. The predicted molar refractivity (Wildman–Crippen MR) is 72.6 cm³/mol. The number of sulfonamides is 1. The summed E-state index contributed by atoms with van der Waals surface area (Å²) in [5.74, 6) is -2.46. The van der Waals surface area contributed by atoms with Crippen LogP contribution in [-0.4, -0.2) is 25.5 Å². The quantitative estimate of drug-likeness (QED) is 0.890. The van der Waals surface area contributed by atoms with Gasteiger partial charge < -0.3 is 5.11 Å². The normalized spacial score (nSPS) is 14.1. The van der Waals surface area contributed by atoms with Crippen LogP contribution < -0.4 is 4.72 Å². The molecule has 1 rings (SSSR count). The fraction of sp³-hybridized carbons (Fsp3) is 0.417. The standard InChI is InChI=1S/C12H15ClFNO4S/c1-12(2,3)10(11(16)17)15-20(18,19)8-6-4-5-7(13)9(8)14/h4-6,10,15H,1-3H3,(H,16,17). The van der Waals surface area contributed by atoms with Crippen LogP contribution in [0.1, 0.15) is 20.8 Å². The molecule has 8 heteroatoms. The highest BCUT2D eigenvalue weighted by molar-refractivity contribution is 7.89.